The Bertz CT molecular complexity index is 1040. The highest BCUT2D eigenvalue weighted by atomic mass is 35.5. The van der Waals surface area contributed by atoms with Crippen LogP contribution < -0.4 is 11.5 Å². The van der Waals surface area contributed by atoms with Crippen LogP contribution in [-0.2, 0) is 10.1 Å². The minimum Gasteiger partial charge on any atom is -0.384 e. The second-order valence-electron chi connectivity index (χ2n) is 5.42. The Morgan fingerprint density at radius 2 is 1.50 bits per heavy atom. The molecule has 0 amide bonds. The first-order valence-electron chi connectivity index (χ1n) is 7.79. The zero-order chi connectivity index (χ0) is 19.9. The number of nitrogen functional groups attached to an aromatic ring is 2. The first kappa shape index (κ1) is 23.0. The molecule has 0 saturated carbocycles. The summed E-state index contributed by atoms with van der Waals surface area (Å²) in [6, 6.07) is 19.0. The molecule has 148 valence electrons. The number of benzene rings is 2. The first-order valence-corrected chi connectivity index (χ1v) is 9.23. The molecule has 3 rings (SSSR count). The number of aromatic nitrogens is 1. The molecule has 0 aliphatic heterocycles. The van der Waals surface area contributed by atoms with Crippen molar-refractivity contribution in [3.8, 4) is 0 Å². The third-order valence-corrected chi connectivity index (χ3v) is 4.34. The molecule has 0 radical (unpaired) electrons. The van der Waals surface area contributed by atoms with Crippen molar-refractivity contribution in [1.29, 1.82) is 0 Å². The van der Waals surface area contributed by atoms with E-state index in [1.54, 1.807) is 37.3 Å². The van der Waals surface area contributed by atoms with Gasteiger partial charge >= 0.3 is 0 Å². The van der Waals surface area contributed by atoms with Crippen LogP contribution >= 0.6 is 12.4 Å². The first-order chi connectivity index (χ1) is 12.8. The van der Waals surface area contributed by atoms with Crippen molar-refractivity contribution in [2.45, 2.75) is 11.8 Å². The van der Waals surface area contributed by atoms with Gasteiger partial charge in [-0.1, -0.05) is 36.4 Å². The van der Waals surface area contributed by atoms with Crippen molar-refractivity contribution < 1.29 is 13.0 Å². The molecule has 10 heteroatoms. The van der Waals surface area contributed by atoms with Crippen LogP contribution in [0.2, 0.25) is 0 Å². The van der Waals surface area contributed by atoms with E-state index in [2.05, 4.69) is 15.2 Å². The molecule has 1 heterocycles. The van der Waals surface area contributed by atoms with Gasteiger partial charge in [0.1, 0.15) is 11.5 Å². The van der Waals surface area contributed by atoms with Crippen molar-refractivity contribution in [1.82, 2.24) is 4.98 Å². The van der Waals surface area contributed by atoms with Crippen LogP contribution in [0.4, 0.5) is 23.0 Å². The monoisotopic (exact) mass is 421 g/mol. The van der Waals surface area contributed by atoms with Crippen LogP contribution in [0.15, 0.2) is 81.9 Å². The Balaban J connectivity index is 0.000000289. The van der Waals surface area contributed by atoms with Gasteiger partial charge < -0.3 is 11.5 Å². The van der Waals surface area contributed by atoms with E-state index in [1.807, 2.05) is 30.3 Å². The lowest BCUT2D eigenvalue weighted by atomic mass is 10.2. The number of hydrogen-bond acceptors (Lipinski definition) is 7. The van der Waals surface area contributed by atoms with Crippen molar-refractivity contribution >= 4 is 45.5 Å². The van der Waals surface area contributed by atoms with E-state index >= 15 is 0 Å². The van der Waals surface area contributed by atoms with Gasteiger partial charge in [-0.25, -0.2) is 4.98 Å². The van der Waals surface area contributed by atoms with E-state index < -0.39 is 10.1 Å². The maximum atomic E-state index is 10.6. The molecular formula is C18H20ClN5O3S. The number of rotatable bonds is 3. The van der Waals surface area contributed by atoms with Crippen LogP contribution in [0.5, 0.6) is 0 Å². The largest absolute Gasteiger partial charge is 0.384 e. The van der Waals surface area contributed by atoms with E-state index in [-0.39, 0.29) is 23.1 Å². The van der Waals surface area contributed by atoms with Gasteiger partial charge in [0, 0.05) is 0 Å². The summed E-state index contributed by atoms with van der Waals surface area (Å²) in [5, 5.41) is 8.03. The molecule has 5 N–H and O–H groups in total. The second kappa shape index (κ2) is 10.4. The lowest BCUT2D eigenvalue weighted by Crippen LogP contribution is -1.99. The summed E-state index contributed by atoms with van der Waals surface area (Å²) in [6.07, 6.45) is 0. The average molecular weight is 422 g/mol. The van der Waals surface area contributed by atoms with Crippen molar-refractivity contribution in [2.75, 3.05) is 11.5 Å². The van der Waals surface area contributed by atoms with Gasteiger partial charge in [-0.15, -0.1) is 17.5 Å². The molecule has 28 heavy (non-hydrogen) atoms. The normalized spacial score (nSPS) is 10.6. The molecule has 0 saturated heterocycles. The van der Waals surface area contributed by atoms with Gasteiger partial charge in [0.05, 0.1) is 10.6 Å². The maximum Gasteiger partial charge on any atom is 0.294 e. The van der Waals surface area contributed by atoms with Gasteiger partial charge in [0.25, 0.3) is 10.1 Å². The van der Waals surface area contributed by atoms with Crippen molar-refractivity contribution in [3.05, 3.63) is 72.3 Å². The Morgan fingerprint density at radius 1 is 0.893 bits per heavy atom. The van der Waals surface area contributed by atoms with E-state index in [0.717, 1.165) is 5.69 Å². The van der Waals surface area contributed by atoms with Crippen LogP contribution in [0.1, 0.15) is 5.56 Å². The highest BCUT2D eigenvalue weighted by Gasteiger charge is 2.10. The van der Waals surface area contributed by atoms with Crippen LogP contribution in [0.3, 0.4) is 0 Å². The van der Waals surface area contributed by atoms with E-state index in [9.17, 15) is 8.42 Å². The highest BCUT2D eigenvalue weighted by Crippen LogP contribution is 2.23. The van der Waals surface area contributed by atoms with Gasteiger partial charge in [-0.05, 0) is 42.8 Å². The molecule has 0 aliphatic carbocycles. The standard InChI is InChI=1S/C11H11N5.C7H8O3S.ClH/c12-10-7-6-9(11(13)14-10)16-15-8-4-2-1-3-5-8;1-6-4-2-3-5-7(6)11(8,9)10;/h1-7H,(H4,12,13,14);2-5H,1H3,(H,8,9,10);1H/b16-15+;;. The topological polar surface area (TPSA) is 144 Å². The molecule has 0 fully saturated rings. The smallest absolute Gasteiger partial charge is 0.294 e. The molecule has 3 aromatic rings. The number of anilines is 2. The van der Waals surface area contributed by atoms with Gasteiger partial charge in [-0.3, -0.25) is 4.55 Å². The zero-order valence-electron chi connectivity index (χ0n) is 14.9. The van der Waals surface area contributed by atoms with E-state index in [4.69, 9.17) is 16.0 Å². The lowest BCUT2D eigenvalue weighted by molar-refractivity contribution is 0.482. The number of nitrogens with two attached hydrogens (primary N) is 2. The van der Waals surface area contributed by atoms with Crippen molar-refractivity contribution in [3.63, 3.8) is 0 Å². The predicted molar refractivity (Wildman–Crippen MR) is 112 cm³/mol. The summed E-state index contributed by atoms with van der Waals surface area (Å²) in [5.74, 6) is 0.649. The van der Waals surface area contributed by atoms with Gasteiger partial charge in [-0.2, -0.15) is 13.5 Å². The fourth-order valence-corrected chi connectivity index (χ4v) is 2.75. The van der Waals surface area contributed by atoms with E-state index in [0.29, 0.717) is 17.1 Å². The fourth-order valence-electron chi connectivity index (χ4n) is 2.02. The third kappa shape index (κ3) is 6.95. The minimum absolute atomic E-state index is 0. The van der Waals surface area contributed by atoms with E-state index in [1.165, 1.54) is 6.07 Å². The zero-order valence-corrected chi connectivity index (χ0v) is 16.6. The van der Waals surface area contributed by atoms with Crippen LogP contribution in [-0.4, -0.2) is 18.0 Å². The molecular weight excluding hydrogens is 402 g/mol. The molecule has 0 aliphatic rings. The molecule has 0 spiro atoms. The second-order valence-corrected chi connectivity index (χ2v) is 6.81. The number of halogens is 1. The molecule has 1 aromatic heterocycles. The summed E-state index contributed by atoms with van der Waals surface area (Å²) < 4.78 is 29.9. The summed E-state index contributed by atoms with van der Waals surface area (Å²) >= 11 is 0. The van der Waals surface area contributed by atoms with Crippen LogP contribution in [0, 0.1) is 6.92 Å². The third-order valence-electron chi connectivity index (χ3n) is 3.32. The average Bonchev–Trinajstić information content (AvgIpc) is 2.62. The van der Waals surface area contributed by atoms with Gasteiger partial charge in [0.15, 0.2) is 5.82 Å². The molecule has 2 aromatic carbocycles. The summed E-state index contributed by atoms with van der Waals surface area (Å²) in [5.41, 5.74) is 12.9. The quantitative estimate of drug-likeness (QED) is 0.424. The molecule has 8 nitrogen and oxygen atoms in total. The summed E-state index contributed by atoms with van der Waals surface area (Å²) in [6.45, 7) is 1.63. The Kier molecular flexibility index (Phi) is 8.52. The Hall–Kier alpha value is -3.01. The Labute approximate surface area is 169 Å². The van der Waals surface area contributed by atoms with Crippen molar-refractivity contribution in [2.24, 2.45) is 10.2 Å². The number of azo groups is 1. The predicted octanol–water partition coefficient (Wildman–Crippen LogP) is 4.32. The SMILES string of the molecule is Cc1ccccc1S(=O)(=O)O.Cl.Nc1ccc(/N=N/c2ccccc2)c(N)n1. The summed E-state index contributed by atoms with van der Waals surface area (Å²) in [4.78, 5) is 3.86. The number of nitrogens with zero attached hydrogens (tertiary/aromatic N) is 3. The van der Waals surface area contributed by atoms with Gasteiger partial charge in [0.2, 0.25) is 0 Å². The maximum absolute atomic E-state index is 10.6. The number of hydrogen-bond donors (Lipinski definition) is 3. The number of aryl methyl sites for hydroxylation is 1. The highest BCUT2D eigenvalue weighted by molar-refractivity contribution is 7.85. The lowest BCUT2D eigenvalue weighted by Gasteiger charge is -1.99. The molecule has 0 unspecified atom stereocenters. The summed E-state index contributed by atoms with van der Waals surface area (Å²) in [7, 11) is -4.03. The fraction of sp³-hybridized carbons (Fsp3) is 0.0556. The minimum atomic E-state index is -4.03. The van der Waals surface area contributed by atoms with Crippen LogP contribution in [0.25, 0.3) is 0 Å². The molecule has 0 atom stereocenters. The Morgan fingerprint density at radius 3 is 2.04 bits per heavy atom. The number of pyridine rings is 1. The molecule has 0 bridgehead atoms.